The number of benzene rings is 1. The number of rotatable bonds is 7. The Hall–Kier alpha value is -3.27. The maximum absolute atomic E-state index is 12.2. The van der Waals surface area contributed by atoms with Crippen LogP contribution in [0.15, 0.2) is 23.0 Å². The van der Waals surface area contributed by atoms with Gasteiger partial charge in [0.15, 0.2) is 0 Å². The second kappa shape index (κ2) is 8.90. The fourth-order valence-electron chi connectivity index (χ4n) is 2.94. The third-order valence-corrected chi connectivity index (χ3v) is 4.49. The molecule has 0 unspecified atom stereocenters. The zero-order chi connectivity index (χ0) is 20.0. The van der Waals surface area contributed by atoms with Gasteiger partial charge in [0.1, 0.15) is 23.1 Å². The number of pyridine rings is 1. The van der Waals surface area contributed by atoms with Crippen LogP contribution in [-0.2, 0) is 17.8 Å². The second-order valence-electron chi connectivity index (χ2n) is 6.12. The van der Waals surface area contributed by atoms with Gasteiger partial charge in [0.2, 0.25) is 5.91 Å². The number of aromatic nitrogens is 1. The average molecular weight is 369 g/mol. The van der Waals surface area contributed by atoms with E-state index in [-0.39, 0.29) is 17.9 Å². The molecule has 0 saturated heterocycles. The van der Waals surface area contributed by atoms with E-state index in [9.17, 15) is 9.59 Å². The molecular weight excluding hydrogens is 346 g/mol. The molecule has 0 bridgehead atoms. The number of hydrogen-bond acceptors (Lipinski definition) is 5. The van der Waals surface area contributed by atoms with Gasteiger partial charge in [-0.15, -0.1) is 0 Å². The molecule has 1 heterocycles. The maximum Gasteiger partial charge on any atom is 0.266 e. The van der Waals surface area contributed by atoms with Crippen LogP contribution in [0, 0.1) is 25.2 Å². The molecule has 0 spiro atoms. The smallest absolute Gasteiger partial charge is 0.266 e. The van der Waals surface area contributed by atoms with Crippen LogP contribution < -0.4 is 20.3 Å². The Morgan fingerprint density at radius 1 is 1.26 bits per heavy atom. The molecule has 1 aromatic heterocycles. The van der Waals surface area contributed by atoms with E-state index in [1.807, 2.05) is 12.1 Å². The van der Waals surface area contributed by atoms with Gasteiger partial charge in [-0.2, -0.15) is 5.26 Å². The Balaban J connectivity index is 2.02. The highest BCUT2D eigenvalue weighted by Gasteiger charge is 2.14. The monoisotopic (exact) mass is 369 g/mol. The number of aryl methyl sites for hydroxylation is 1. The van der Waals surface area contributed by atoms with Gasteiger partial charge in [-0.05, 0) is 43.5 Å². The van der Waals surface area contributed by atoms with Crippen molar-refractivity contribution in [1.29, 1.82) is 5.26 Å². The number of H-pyrrole nitrogens is 1. The van der Waals surface area contributed by atoms with Crippen LogP contribution in [0.25, 0.3) is 0 Å². The van der Waals surface area contributed by atoms with E-state index < -0.39 is 5.56 Å². The standard InChI is InChI=1S/C20H23N3O4/c1-12-16(13(2)23-20(25)17(12)10-21)7-8-19(24)22-11-14-5-6-15(26-3)9-18(14)27-4/h5-6,9H,7-8,11H2,1-4H3,(H,22,24)(H,23,25). The molecule has 1 aromatic carbocycles. The molecule has 27 heavy (non-hydrogen) atoms. The first-order valence-corrected chi connectivity index (χ1v) is 8.51. The molecule has 7 heteroatoms. The molecule has 2 rings (SSSR count). The predicted octanol–water partition coefficient (Wildman–Crippen LogP) is 2.13. The third kappa shape index (κ3) is 4.67. The van der Waals surface area contributed by atoms with Crippen molar-refractivity contribution < 1.29 is 14.3 Å². The lowest BCUT2D eigenvalue weighted by molar-refractivity contribution is -0.121. The zero-order valence-electron chi connectivity index (χ0n) is 15.9. The number of carbonyl (C=O) groups excluding carboxylic acids is 1. The summed E-state index contributed by atoms with van der Waals surface area (Å²) in [6.45, 7) is 3.83. The summed E-state index contributed by atoms with van der Waals surface area (Å²) in [4.78, 5) is 26.7. The SMILES string of the molecule is COc1ccc(CNC(=O)CCc2c(C)[nH]c(=O)c(C#N)c2C)c(OC)c1. The number of carbonyl (C=O) groups is 1. The highest BCUT2D eigenvalue weighted by atomic mass is 16.5. The first-order valence-electron chi connectivity index (χ1n) is 8.51. The van der Waals surface area contributed by atoms with Crippen molar-refractivity contribution >= 4 is 5.91 Å². The van der Waals surface area contributed by atoms with E-state index in [1.54, 1.807) is 40.2 Å². The minimum Gasteiger partial charge on any atom is -0.497 e. The lowest BCUT2D eigenvalue weighted by Gasteiger charge is -2.13. The van der Waals surface area contributed by atoms with E-state index in [4.69, 9.17) is 14.7 Å². The van der Waals surface area contributed by atoms with Crippen molar-refractivity contribution in [2.24, 2.45) is 0 Å². The highest BCUT2D eigenvalue weighted by Crippen LogP contribution is 2.24. The summed E-state index contributed by atoms with van der Waals surface area (Å²) in [5.41, 5.74) is 2.67. The summed E-state index contributed by atoms with van der Waals surface area (Å²) in [7, 11) is 3.14. The number of amides is 1. The summed E-state index contributed by atoms with van der Waals surface area (Å²) in [5, 5.41) is 12.0. The van der Waals surface area contributed by atoms with Gasteiger partial charge in [-0.3, -0.25) is 9.59 Å². The van der Waals surface area contributed by atoms with Crippen LogP contribution >= 0.6 is 0 Å². The maximum atomic E-state index is 12.2. The molecule has 7 nitrogen and oxygen atoms in total. The van der Waals surface area contributed by atoms with E-state index in [2.05, 4.69) is 10.3 Å². The van der Waals surface area contributed by atoms with Crippen LogP contribution in [0.3, 0.4) is 0 Å². The molecule has 0 saturated carbocycles. The Kier molecular flexibility index (Phi) is 6.61. The second-order valence-corrected chi connectivity index (χ2v) is 6.12. The van der Waals surface area contributed by atoms with E-state index in [1.165, 1.54) is 0 Å². The molecule has 0 atom stereocenters. The highest BCUT2D eigenvalue weighted by molar-refractivity contribution is 5.76. The van der Waals surface area contributed by atoms with Gasteiger partial charge < -0.3 is 19.8 Å². The summed E-state index contributed by atoms with van der Waals surface area (Å²) in [6.07, 6.45) is 0.686. The summed E-state index contributed by atoms with van der Waals surface area (Å²) >= 11 is 0. The van der Waals surface area contributed by atoms with Crippen molar-refractivity contribution in [2.45, 2.75) is 33.2 Å². The fourth-order valence-corrected chi connectivity index (χ4v) is 2.94. The number of hydrogen-bond donors (Lipinski definition) is 2. The van der Waals surface area contributed by atoms with Crippen LogP contribution in [0.2, 0.25) is 0 Å². The quantitative estimate of drug-likeness (QED) is 0.778. The molecule has 1 amide bonds. The average Bonchev–Trinajstić information content (AvgIpc) is 2.66. The van der Waals surface area contributed by atoms with E-state index in [0.717, 1.165) is 11.1 Å². The van der Waals surface area contributed by atoms with Gasteiger partial charge in [0.05, 0.1) is 14.2 Å². The Morgan fingerprint density at radius 2 is 2.00 bits per heavy atom. The fraction of sp³-hybridized carbons (Fsp3) is 0.350. The normalized spacial score (nSPS) is 10.2. The molecule has 2 N–H and O–H groups in total. The number of ether oxygens (including phenoxy) is 2. The van der Waals surface area contributed by atoms with Crippen molar-refractivity contribution in [3.05, 3.63) is 56.5 Å². The van der Waals surface area contributed by atoms with E-state index in [0.29, 0.717) is 35.7 Å². The molecule has 0 radical (unpaired) electrons. The van der Waals surface area contributed by atoms with Gasteiger partial charge in [-0.1, -0.05) is 0 Å². The summed E-state index contributed by atoms with van der Waals surface area (Å²) in [5.74, 6) is 1.19. The minimum absolute atomic E-state index is 0.0963. The lowest BCUT2D eigenvalue weighted by atomic mass is 9.99. The molecule has 0 fully saturated rings. The molecule has 0 aliphatic carbocycles. The molecule has 2 aromatic rings. The zero-order valence-corrected chi connectivity index (χ0v) is 15.9. The van der Waals surface area contributed by atoms with Crippen LogP contribution in [0.5, 0.6) is 11.5 Å². The first kappa shape index (κ1) is 20.0. The van der Waals surface area contributed by atoms with Gasteiger partial charge >= 0.3 is 0 Å². The molecular formula is C20H23N3O4. The molecule has 0 aliphatic rings. The summed E-state index contributed by atoms with van der Waals surface area (Å²) in [6, 6.07) is 7.33. The molecule has 0 aliphatic heterocycles. The van der Waals surface area contributed by atoms with Crippen molar-refractivity contribution in [2.75, 3.05) is 14.2 Å². The third-order valence-electron chi connectivity index (χ3n) is 4.49. The summed E-state index contributed by atoms with van der Waals surface area (Å²) < 4.78 is 10.5. The molecule has 142 valence electrons. The van der Waals surface area contributed by atoms with Gasteiger partial charge in [-0.25, -0.2) is 0 Å². The topological polar surface area (TPSA) is 104 Å². The number of methoxy groups -OCH3 is 2. The Morgan fingerprint density at radius 3 is 2.63 bits per heavy atom. The lowest BCUT2D eigenvalue weighted by Crippen LogP contribution is -2.24. The van der Waals surface area contributed by atoms with Gasteiger partial charge in [0.25, 0.3) is 5.56 Å². The number of aromatic amines is 1. The van der Waals surface area contributed by atoms with E-state index >= 15 is 0 Å². The number of nitrogens with zero attached hydrogens (tertiary/aromatic N) is 1. The first-order chi connectivity index (χ1) is 12.9. The minimum atomic E-state index is -0.396. The van der Waals surface area contributed by atoms with Crippen molar-refractivity contribution in [3.63, 3.8) is 0 Å². The van der Waals surface area contributed by atoms with Crippen molar-refractivity contribution in [3.8, 4) is 17.6 Å². The number of nitrogens with one attached hydrogen (secondary N) is 2. The predicted molar refractivity (Wildman–Crippen MR) is 101 cm³/mol. The van der Waals surface area contributed by atoms with Crippen LogP contribution in [0.4, 0.5) is 0 Å². The number of nitriles is 1. The van der Waals surface area contributed by atoms with Crippen molar-refractivity contribution in [1.82, 2.24) is 10.3 Å². The van der Waals surface area contributed by atoms with Gasteiger partial charge in [0, 0.05) is 30.3 Å². The van der Waals surface area contributed by atoms with Crippen LogP contribution in [0.1, 0.15) is 34.4 Å². The Bertz CT molecular complexity index is 941. The Labute approximate surface area is 157 Å². The largest absolute Gasteiger partial charge is 0.497 e. The van der Waals surface area contributed by atoms with Crippen LogP contribution in [-0.4, -0.2) is 25.1 Å².